The van der Waals surface area contributed by atoms with Gasteiger partial charge < -0.3 is 5.11 Å². The van der Waals surface area contributed by atoms with E-state index in [0.29, 0.717) is 17.6 Å². The van der Waals surface area contributed by atoms with Crippen molar-refractivity contribution in [3.63, 3.8) is 0 Å². The molecule has 5 nitrogen and oxygen atoms in total. The van der Waals surface area contributed by atoms with Crippen molar-refractivity contribution in [1.82, 2.24) is 9.55 Å². The zero-order valence-corrected chi connectivity index (χ0v) is 14.3. The van der Waals surface area contributed by atoms with Crippen LogP contribution in [0.3, 0.4) is 0 Å². The molecule has 0 unspecified atom stereocenters. The molecule has 2 rings (SSSR count). The molecular formula is C16H22N2O3S. The number of nitrogens with zero attached hydrogens (tertiary/aromatic N) is 2. The van der Waals surface area contributed by atoms with Crippen molar-refractivity contribution < 1.29 is 9.90 Å². The maximum atomic E-state index is 12.8. The zero-order chi connectivity index (χ0) is 16.5. The number of fused-ring (bicyclic) bond motifs is 1. The Hall–Kier alpha value is -1.69. The fourth-order valence-electron chi connectivity index (χ4n) is 2.32. The third kappa shape index (κ3) is 3.06. The lowest BCUT2D eigenvalue weighted by Gasteiger charge is -2.22. The first kappa shape index (κ1) is 16.7. The van der Waals surface area contributed by atoms with E-state index < -0.39 is 11.4 Å². The summed E-state index contributed by atoms with van der Waals surface area (Å²) in [5.41, 5.74) is -1.13. The lowest BCUT2D eigenvalue weighted by atomic mass is 9.93. The lowest BCUT2D eigenvalue weighted by Crippen LogP contribution is -2.36. The van der Waals surface area contributed by atoms with Crippen molar-refractivity contribution in [3.05, 3.63) is 27.1 Å². The van der Waals surface area contributed by atoms with Crippen molar-refractivity contribution in [1.29, 1.82) is 0 Å². The van der Waals surface area contributed by atoms with Crippen molar-refractivity contribution in [3.8, 4) is 0 Å². The minimum Gasteiger partial charge on any atom is -0.481 e. The molecule has 0 aliphatic rings. The van der Waals surface area contributed by atoms with Gasteiger partial charge in [0.2, 0.25) is 0 Å². The maximum Gasteiger partial charge on any atom is 0.310 e. The largest absolute Gasteiger partial charge is 0.481 e. The highest BCUT2D eigenvalue weighted by Gasteiger charge is 2.29. The molecule has 0 atom stereocenters. The Morgan fingerprint density at radius 2 is 2.09 bits per heavy atom. The van der Waals surface area contributed by atoms with Crippen LogP contribution < -0.4 is 5.56 Å². The quantitative estimate of drug-likeness (QED) is 0.887. The molecule has 0 amide bonds. The number of carbonyl (C=O) groups is 1. The van der Waals surface area contributed by atoms with Gasteiger partial charge in [-0.1, -0.05) is 13.8 Å². The first-order valence-electron chi connectivity index (χ1n) is 7.55. The van der Waals surface area contributed by atoms with E-state index in [2.05, 4.69) is 4.98 Å². The van der Waals surface area contributed by atoms with E-state index in [1.165, 1.54) is 0 Å². The van der Waals surface area contributed by atoms with Gasteiger partial charge in [-0.25, -0.2) is 4.98 Å². The average Bonchev–Trinajstić information content (AvgIpc) is 2.86. The molecule has 22 heavy (non-hydrogen) atoms. The molecule has 0 aliphatic carbocycles. The maximum absolute atomic E-state index is 12.8. The molecule has 2 aromatic rings. The molecule has 0 aliphatic heterocycles. The highest BCUT2D eigenvalue weighted by Crippen LogP contribution is 2.24. The zero-order valence-electron chi connectivity index (χ0n) is 13.5. The molecule has 0 saturated heterocycles. The van der Waals surface area contributed by atoms with Gasteiger partial charge in [-0.2, -0.15) is 0 Å². The summed E-state index contributed by atoms with van der Waals surface area (Å²) >= 11 is 1.54. The Morgan fingerprint density at radius 3 is 2.64 bits per heavy atom. The van der Waals surface area contributed by atoms with Crippen LogP contribution in [-0.4, -0.2) is 20.6 Å². The normalized spacial score (nSPS) is 12.0. The number of rotatable bonds is 6. The monoisotopic (exact) mass is 322 g/mol. The Bertz CT molecular complexity index is 759. The van der Waals surface area contributed by atoms with Gasteiger partial charge in [0.05, 0.1) is 10.8 Å². The standard InChI is InChI=1S/C16H22N2O3S/c1-5-7-12-17-13-11(8-10(6-2)22-13)14(19)18(12)9-16(3,4)15(20)21/h8H,5-7,9H2,1-4H3,(H,20,21). The van der Waals surface area contributed by atoms with Gasteiger partial charge in [-0.15, -0.1) is 11.3 Å². The van der Waals surface area contributed by atoms with Crippen LogP contribution in [0.5, 0.6) is 0 Å². The third-order valence-corrected chi connectivity index (χ3v) is 4.91. The number of thiophene rings is 1. The van der Waals surface area contributed by atoms with Gasteiger partial charge in [0.25, 0.3) is 5.56 Å². The van der Waals surface area contributed by atoms with Crippen LogP contribution in [0.2, 0.25) is 0 Å². The van der Waals surface area contributed by atoms with E-state index in [4.69, 9.17) is 0 Å². The van der Waals surface area contributed by atoms with E-state index in [1.54, 1.807) is 29.8 Å². The fourth-order valence-corrected chi connectivity index (χ4v) is 3.30. The topological polar surface area (TPSA) is 72.2 Å². The molecule has 2 aromatic heterocycles. The molecule has 0 bridgehead atoms. The van der Waals surface area contributed by atoms with Crippen LogP contribution in [-0.2, 0) is 24.2 Å². The lowest BCUT2D eigenvalue weighted by molar-refractivity contribution is -0.147. The Labute approximate surface area is 133 Å². The second kappa shape index (κ2) is 6.20. The molecule has 0 saturated carbocycles. The van der Waals surface area contributed by atoms with Crippen LogP contribution in [0.1, 0.15) is 44.8 Å². The molecule has 2 heterocycles. The van der Waals surface area contributed by atoms with Crippen LogP contribution in [0.15, 0.2) is 10.9 Å². The number of hydrogen-bond acceptors (Lipinski definition) is 4. The summed E-state index contributed by atoms with van der Waals surface area (Å²) in [6, 6.07) is 1.88. The first-order valence-corrected chi connectivity index (χ1v) is 8.37. The summed E-state index contributed by atoms with van der Waals surface area (Å²) in [5.74, 6) is -0.236. The molecule has 0 spiro atoms. The number of aromatic nitrogens is 2. The number of aryl methyl sites for hydroxylation is 2. The van der Waals surface area contributed by atoms with Crippen molar-refractivity contribution >= 4 is 27.5 Å². The van der Waals surface area contributed by atoms with Gasteiger partial charge in [0.15, 0.2) is 0 Å². The van der Waals surface area contributed by atoms with E-state index >= 15 is 0 Å². The smallest absolute Gasteiger partial charge is 0.310 e. The van der Waals surface area contributed by atoms with Gasteiger partial charge in [-0.05, 0) is 32.8 Å². The van der Waals surface area contributed by atoms with Gasteiger partial charge in [-0.3, -0.25) is 14.2 Å². The summed E-state index contributed by atoms with van der Waals surface area (Å²) in [6.45, 7) is 7.47. The summed E-state index contributed by atoms with van der Waals surface area (Å²) < 4.78 is 1.55. The average molecular weight is 322 g/mol. The Morgan fingerprint density at radius 1 is 1.41 bits per heavy atom. The highest BCUT2D eigenvalue weighted by molar-refractivity contribution is 7.18. The van der Waals surface area contributed by atoms with E-state index in [9.17, 15) is 14.7 Å². The van der Waals surface area contributed by atoms with E-state index in [0.717, 1.165) is 22.5 Å². The van der Waals surface area contributed by atoms with Crippen LogP contribution in [0.25, 0.3) is 10.2 Å². The van der Waals surface area contributed by atoms with Crippen molar-refractivity contribution in [2.45, 2.75) is 53.5 Å². The molecule has 0 aromatic carbocycles. The number of carboxylic acid groups (broad SMARTS) is 1. The summed E-state index contributed by atoms with van der Waals surface area (Å²) in [5, 5.41) is 9.94. The SMILES string of the molecule is CCCc1nc2sc(CC)cc2c(=O)n1CC(C)(C)C(=O)O. The van der Waals surface area contributed by atoms with E-state index in [-0.39, 0.29) is 12.1 Å². The highest BCUT2D eigenvalue weighted by atomic mass is 32.1. The predicted octanol–water partition coefficient (Wildman–Crippen LogP) is 3.08. The minimum absolute atomic E-state index is 0.126. The van der Waals surface area contributed by atoms with Crippen LogP contribution in [0.4, 0.5) is 0 Å². The number of hydrogen-bond donors (Lipinski definition) is 1. The predicted molar refractivity (Wildman–Crippen MR) is 88.7 cm³/mol. The van der Waals surface area contributed by atoms with Gasteiger partial charge in [0.1, 0.15) is 10.7 Å². The molecule has 0 fully saturated rings. The molecule has 0 radical (unpaired) electrons. The number of carboxylic acids is 1. The second-order valence-electron chi connectivity index (χ2n) is 6.14. The number of aliphatic carboxylic acids is 1. The van der Waals surface area contributed by atoms with E-state index in [1.807, 2.05) is 19.9 Å². The molecule has 6 heteroatoms. The van der Waals surface area contributed by atoms with Gasteiger partial charge in [0, 0.05) is 17.8 Å². The molecule has 1 N–H and O–H groups in total. The Kier molecular flexibility index (Phi) is 4.70. The summed E-state index contributed by atoms with van der Waals surface area (Å²) in [6.07, 6.45) is 2.39. The third-order valence-electron chi connectivity index (χ3n) is 3.74. The molecular weight excluding hydrogens is 300 g/mol. The first-order chi connectivity index (χ1) is 10.3. The summed E-state index contributed by atoms with van der Waals surface area (Å²) in [4.78, 5) is 30.7. The van der Waals surface area contributed by atoms with Crippen LogP contribution in [0, 0.1) is 5.41 Å². The minimum atomic E-state index is -1.01. The van der Waals surface area contributed by atoms with Gasteiger partial charge >= 0.3 is 5.97 Å². The molecule has 120 valence electrons. The summed E-state index contributed by atoms with van der Waals surface area (Å²) in [7, 11) is 0. The Balaban J connectivity index is 2.64. The fraction of sp³-hybridized carbons (Fsp3) is 0.562. The second-order valence-corrected chi connectivity index (χ2v) is 7.26. The van der Waals surface area contributed by atoms with Crippen LogP contribution >= 0.6 is 11.3 Å². The van der Waals surface area contributed by atoms with Crippen molar-refractivity contribution in [2.75, 3.05) is 0 Å². The van der Waals surface area contributed by atoms with Crippen molar-refractivity contribution in [2.24, 2.45) is 5.41 Å².